The van der Waals surface area contributed by atoms with E-state index in [-0.39, 0.29) is 0 Å². The first-order chi connectivity index (χ1) is 6.21. The molecule has 0 aromatic heterocycles. The Hall–Kier alpha value is -0.820. The number of carbonyl (C=O) groups excluding carboxylic acids is 2. The molecule has 0 rings (SSSR count). The van der Waals surface area contributed by atoms with Gasteiger partial charge in [-0.15, -0.1) is 0 Å². The molecule has 0 aromatic rings. The first-order valence-electron chi connectivity index (χ1n) is 3.77. The van der Waals surface area contributed by atoms with Crippen LogP contribution in [0.4, 0.5) is 0 Å². The van der Waals surface area contributed by atoms with Gasteiger partial charge in [0.25, 0.3) is 0 Å². The van der Waals surface area contributed by atoms with Crippen molar-refractivity contribution in [2.24, 2.45) is 0 Å². The van der Waals surface area contributed by atoms with Gasteiger partial charge in [-0.1, -0.05) is 0 Å². The minimum atomic E-state index is -2.20. The third-order valence-corrected chi connectivity index (χ3v) is 2.49. The Labute approximate surface area is 88.6 Å². The molecule has 0 aliphatic heterocycles. The van der Waals surface area contributed by atoms with Crippen molar-refractivity contribution in [3.63, 3.8) is 0 Å². The van der Waals surface area contributed by atoms with Crippen molar-refractivity contribution in [3.8, 4) is 0 Å². The van der Waals surface area contributed by atoms with Crippen molar-refractivity contribution in [2.75, 3.05) is 0 Å². The number of aliphatic hydroxyl groups excluding tert-OH is 1. The molecule has 0 aliphatic carbocycles. The monoisotopic (exact) mass is 267 g/mol. The molecule has 7 heteroatoms. The van der Waals surface area contributed by atoms with Crippen LogP contribution in [0.25, 0.3) is 0 Å². The molecule has 0 bridgehead atoms. The van der Waals surface area contributed by atoms with Gasteiger partial charge in [-0.2, -0.15) is 0 Å². The molecule has 0 saturated heterocycles. The average Bonchev–Trinajstić information content (AvgIpc) is 2.00. The van der Waals surface area contributed by atoms with Crippen LogP contribution in [0.1, 0.15) is 20.3 Å². The molecule has 14 heavy (non-hydrogen) atoms. The average molecular weight is 268 g/mol. The molecule has 0 spiro atoms. The Balaban J connectivity index is 5.00. The van der Waals surface area contributed by atoms with Crippen molar-refractivity contribution in [1.82, 2.24) is 0 Å². The number of ketones is 2. The Morgan fingerprint density at radius 1 is 1.64 bits per heavy atom. The molecule has 0 fully saturated rings. The second kappa shape index (κ2) is 4.61. The van der Waals surface area contributed by atoms with E-state index in [4.69, 9.17) is 5.11 Å². The number of hydrogen-bond acceptors (Lipinski definition) is 5. The minimum absolute atomic E-state index is 0.507. The van der Waals surface area contributed by atoms with Crippen LogP contribution in [0.5, 0.6) is 0 Å². The van der Waals surface area contributed by atoms with Gasteiger partial charge in [-0.25, -0.2) is 0 Å². The van der Waals surface area contributed by atoms with Gasteiger partial charge in [-0.05, 0) is 13.8 Å². The standard InChI is InChI=1S/C7H10BrNO5/c1-4(10)3-7(8,9(13)14)6(12)5(2)11/h5,11H,3H2,1-2H3. The van der Waals surface area contributed by atoms with Crippen LogP contribution in [-0.2, 0) is 9.59 Å². The summed E-state index contributed by atoms with van der Waals surface area (Å²) in [5.41, 5.74) is 0. The maximum absolute atomic E-state index is 11.3. The third-order valence-electron chi connectivity index (χ3n) is 1.53. The maximum atomic E-state index is 11.3. The van der Waals surface area contributed by atoms with Crippen molar-refractivity contribution in [1.29, 1.82) is 0 Å². The number of nitro groups is 1. The molecule has 0 amide bonds. The fourth-order valence-electron chi connectivity index (χ4n) is 0.892. The highest BCUT2D eigenvalue weighted by molar-refractivity contribution is 9.10. The fraction of sp³-hybridized carbons (Fsp3) is 0.714. The minimum Gasteiger partial charge on any atom is -0.385 e. The Morgan fingerprint density at radius 3 is 2.29 bits per heavy atom. The summed E-state index contributed by atoms with van der Waals surface area (Å²) in [4.78, 5) is 31.6. The van der Waals surface area contributed by atoms with Crippen LogP contribution in [-0.4, -0.2) is 32.1 Å². The molecule has 0 radical (unpaired) electrons. The maximum Gasteiger partial charge on any atom is 0.341 e. The van der Waals surface area contributed by atoms with Gasteiger partial charge >= 0.3 is 4.45 Å². The first-order valence-corrected chi connectivity index (χ1v) is 4.56. The van der Waals surface area contributed by atoms with E-state index in [0.29, 0.717) is 0 Å². The van der Waals surface area contributed by atoms with Crippen molar-refractivity contribution in [3.05, 3.63) is 10.1 Å². The number of aliphatic hydroxyl groups is 1. The van der Waals surface area contributed by atoms with E-state index in [1.165, 1.54) is 0 Å². The summed E-state index contributed by atoms with van der Waals surface area (Å²) < 4.78 is -2.20. The summed E-state index contributed by atoms with van der Waals surface area (Å²) in [5, 5.41) is 19.5. The van der Waals surface area contributed by atoms with E-state index >= 15 is 0 Å². The summed E-state index contributed by atoms with van der Waals surface area (Å²) in [6.45, 7) is 2.25. The number of alkyl halides is 1. The number of carbonyl (C=O) groups is 2. The Morgan fingerprint density at radius 2 is 2.07 bits per heavy atom. The van der Waals surface area contributed by atoms with Gasteiger partial charge in [0, 0.05) is 20.9 Å². The molecular formula is C7H10BrNO5. The lowest BCUT2D eigenvalue weighted by Gasteiger charge is -2.17. The highest BCUT2D eigenvalue weighted by Crippen LogP contribution is 2.26. The lowest BCUT2D eigenvalue weighted by atomic mass is 10.0. The van der Waals surface area contributed by atoms with Crippen LogP contribution < -0.4 is 0 Å². The van der Waals surface area contributed by atoms with E-state index in [2.05, 4.69) is 15.9 Å². The van der Waals surface area contributed by atoms with Crippen molar-refractivity contribution >= 4 is 27.5 Å². The number of rotatable bonds is 5. The predicted molar refractivity (Wildman–Crippen MR) is 50.6 cm³/mol. The van der Waals surface area contributed by atoms with E-state index in [0.717, 1.165) is 13.8 Å². The van der Waals surface area contributed by atoms with Crippen molar-refractivity contribution in [2.45, 2.75) is 30.8 Å². The predicted octanol–water partition coefficient (Wildman–Crippen LogP) is 0.283. The molecule has 1 N–H and O–H groups in total. The molecule has 80 valence electrons. The molecule has 0 heterocycles. The number of Topliss-reactive ketones (excluding diaryl/α,β-unsaturated/α-hetero) is 2. The smallest absolute Gasteiger partial charge is 0.341 e. The van der Waals surface area contributed by atoms with Crippen LogP contribution >= 0.6 is 15.9 Å². The molecular weight excluding hydrogens is 258 g/mol. The van der Waals surface area contributed by atoms with Gasteiger partial charge in [-0.3, -0.25) is 19.7 Å². The summed E-state index contributed by atoms with van der Waals surface area (Å²) in [5.74, 6) is -1.54. The zero-order valence-electron chi connectivity index (χ0n) is 7.69. The second-order valence-corrected chi connectivity index (χ2v) is 4.25. The SMILES string of the molecule is CC(=O)CC(Br)(C(=O)C(C)O)[N+](=O)[O-]. The lowest BCUT2D eigenvalue weighted by molar-refractivity contribution is -0.518. The zero-order valence-corrected chi connectivity index (χ0v) is 9.28. The summed E-state index contributed by atoms with van der Waals surface area (Å²) in [6.07, 6.45) is -2.07. The van der Waals surface area contributed by atoms with E-state index in [9.17, 15) is 19.7 Å². The highest BCUT2D eigenvalue weighted by atomic mass is 79.9. The van der Waals surface area contributed by atoms with Gasteiger partial charge in [0.15, 0.2) is 0 Å². The fourth-order valence-corrected chi connectivity index (χ4v) is 1.62. The third kappa shape index (κ3) is 2.85. The Bertz CT molecular complexity index is 277. The second-order valence-electron chi connectivity index (χ2n) is 2.94. The molecule has 2 atom stereocenters. The van der Waals surface area contributed by atoms with E-state index in [1.807, 2.05) is 0 Å². The van der Waals surface area contributed by atoms with Gasteiger partial charge in [0.1, 0.15) is 11.9 Å². The van der Waals surface area contributed by atoms with Gasteiger partial charge in [0.2, 0.25) is 5.78 Å². The quantitative estimate of drug-likeness (QED) is 0.334. The van der Waals surface area contributed by atoms with Crippen LogP contribution in [0.3, 0.4) is 0 Å². The molecule has 0 saturated carbocycles. The van der Waals surface area contributed by atoms with Crippen LogP contribution in [0.2, 0.25) is 0 Å². The first kappa shape index (κ1) is 13.2. The number of nitrogens with zero attached hydrogens (tertiary/aromatic N) is 1. The zero-order chi connectivity index (χ0) is 11.5. The normalized spacial score (nSPS) is 16.9. The van der Waals surface area contributed by atoms with Gasteiger partial charge in [0.05, 0.1) is 6.42 Å². The van der Waals surface area contributed by atoms with Gasteiger partial charge < -0.3 is 5.11 Å². The lowest BCUT2D eigenvalue weighted by Crippen LogP contribution is -2.46. The summed E-state index contributed by atoms with van der Waals surface area (Å²) in [6, 6.07) is 0. The Kier molecular flexibility index (Phi) is 4.34. The summed E-state index contributed by atoms with van der Waals surface area (Å²) >= 11 is 2.59. The summed E-state index contributed by atoms with van der Waals surface area (Å²) in [7, 11) is 0. The molecule has 6 nitrogen and oxygen atoms in total. The van der Waals surface area contributed by atoms with E-state index in [1.54, 1.807) is 0 Å². The molecule has 0 aliphatic rings. The van der Waals surface area contributed by atoms with E-state index < -0.39 is 33.5 Å². The number of hydrogen-bond donors (Lipinski definition) is 1. The number of halogens is 1. The topological polar surface area (TPSA) is 97.5 Å². The van der Waals surface area contributed by atoms with Crippen LogP contribution in [0.15, 0.2) is 0 Å². The largest absolute Gasteiger partial charge is 0.385 e. The molecule has 2 unspecified atom stereocenters. The van der Waals surface area contributed by atoms with Crippen molar-refractivity contribution < 1.29 is 19.6 Å². The highest BCUT2D eigenvalue weighted by Gasteiger charge is 2.50. The van der Waals surface area contributed by atoms with Crippen LogP contribution in [0, 0.1) is 10.1 Å². The molecule has 0 aromatic carbocycles.